The Hall–Kier alpha value is 0.140. The fourth-order valence-corrected chi connectivity index (χ4v) is 3.37. The molecule has 16 heavy (non-hydrogen) atoms. The van der Waals surface area contributed by atoms with Crippen molar-refractivity contribution in [1.29, 1.82) is 0 Å². The van der Waals surface area contributed by atoms with E-state index in [-0.39, 0.29) is 0 Å². The van der Waals surface area contributed by atoms with Gasteiger partial charge in [-0.25, -0.2) is 0 Å². The lowest BCUT2D eigenvalue weighted by atomic mass is 10.0. The SMILES string of the molecule is CCNC(CCCC(C)C)c1ccc(Br)s1. The molecule has 0 bridgehead atoms. The van der Waals surface area contributed by atoms with Crippen molar-refractivity contribution in [1.82, 2.24) is 5.32 Å². The number of halogens is 1. The molecule has 0 saturated heterocycles. The highest BCUT2D eigenvalue weighted by molar-refractivity contribution is 9.11. The Kier molecular flexibility index (Phi) is 6.62. The molecule has 0 aliphatic carbocycles. The number of rotatable bonds is 7. The quantitative estimate of drug-likeness (QED) is 0.748. The minimum absolute atomic E-state index is 0.542. The van der Waals surface area contributed by atoms with E-state index in [2.05, 4.69) is 54.2 Å². The van der Waals surface area contributed by atoms with Crippen molar-refractivity contribution in [3.05, 3.63) is 20.8 Å². The number of nitrogens with one attached hydrogen (secondary N) is 1. The predicted octanol–water partition coefficient (Wildman–Crippen LogP) is 4.99. The van der Waals surface area contributed by atoms with Gasteiger partial charge in [-0.15, -0.1) is 11.3 Å². The third kappa shape index (κ3) is 4.98. The third-order valence-electron chi connectivity index (χ3n) is 2.66. The lowest BCUT2D eigenvalue weighted by Crippen LogP contribution is -2.20. The van der Waals surface area contributed by atoms with E-state index in [9.17, 15) is 0 Å². The number of hydrogen-bond donors (Lipinski definition) is 1. The van der Waals surface area contributed by atoms with Crippen LogP contribution in [-0.4, -0.2) is 6.54 Å². The maximum absolute atomic E-state index is 3.58. The van der Waals surface area contributed by atoms with Crippen molar-refractivity contribution < 1.29 is 0 Å². The van der Waals surface area contributed by atoms with Crippen LogP contribution in [0, 0.1) is 5.92 Å². The van der Waals surface area contributed by atoms with Crippen molar-refractivity contribution in [2.45, 2.75) is 46.1 Å². The molecule has 0 aliphatic heterocycles. The van der Waals surface area contributed by atoms with Gasteiger partial charge in [0.2, 0.25) is 0 Å². The highest BCUT2D eigenvalue weighted by Crippen LogP contribution is 2.30. The summed E-state index contributed by atoms with van der Waals surface area (Å²) in [7, 11) is 0. The summed E-state index contributed by atoms with van der Waals surface area (Å²) in [6.07, 6.45) is 3.89. The first-order chi connectivity index (χ1) is 7.63. The largest absolute Gasteiger partial charge is 0.310 e. The van der Waals surface area contributed by atoms with Crippen molar-refractivity contribution in [2.75, 3.05) is 6.54 Å². The maximum atomic E-state index is 3.58. The van der Waals surface area contributed by atoms with Gasteiger partial charge in [0.1, 0.15) is 0 Å². The van der Waals surface area contributed by atoms with Crippen molar-refractivity contribution in [3.63, 3.8) is 0 Å². The second-order valence-corrected chi connectivity index (χ2v) is 7.07. The molecule has 1 aromatic heterocycles. The van der Waals surface area contributed by atoms with Gasteiger partial charge in [0.25, 0.3) is 0 Å². The highest BCUT2D eigenvalue weighted by atomic mass is 79.9. The van der Waals surface area contributed by atoms with E-state index < -0.39 is 0 Å². The summed E-state index contributed by atoms with van der Waals surface area (Å²) in [6, 6.07) is 4.92. The highest BCUT2D eigenvalue weighted by Gasteiger charge is 2.12. The first-order valence-corrected chi connectivity index (χ1v) is 7.73. The summed E-state index contributed by atoms with van der Waals surface area (Å²) >= 11 is 5.38. The summed E-state index contributed by atoms with van der Waals surface area (Å²) in [4.78, 5) is 1.46. The van der Waals surface area contributed by atoms with Crippen LogP contribution in [0.1, 0.15) is 51.0 Å². The molecule has 1 nitrogen and oxygen atoms in total. The zero-order chi connectivity index (χ0) is 12.0. The van der Waals surface area contributed by atoms with Crippen LogP contribution in [0.5, 0.6) is 0 Å². The van der Waals surface area contributed by atoms with Crippen LogP contribution in [-0.2, 0) is 0 Å². The molecule has 0 aromatic carbocycles. The summed E-state index contributed by atoms with van der Waals surface area (Å²) in [5, 5.41) is 3.58. The predicted molar refractivity (Wildman–Crippen MR) is 77.1 cm³/mol. The number of hydrogen-bond acceptors (Lipinski definition) is 2. The molecule has 92 valence electrons. The minimum atomic E-state index is 0.542. The zero-order valence-corrected chi connectivity index (χ0v) is 12.8. The van der Waals surface area contributed by atoms with Gasteiger partial charge in [-0.05, 0) is 46.9 Å². The summed E-state index contributed by atoms with van der Waals surface area (Å²) in [6.45, 7) is 7.81. The van der Waals surface area contributed by atoms with Crippen LogP contribution in [0.4, 0.5) is 0 Å². The Balaban J connectivity index is 2.47. The monoisotopic (exact) mass is 303 g/mol. The molecular weight excluding hydrogens is 282 g/mol. The molecule has 3 heteroatoms. The van der Waals surface area contributed by atoms with Gasteiger partial charge in [0.15, 0.2) is 0 Å². The molecule has 1 heterocycles. The first kappa shape index (κ1) is 14.2. The Morgan fingerprint density at radius 2 is 2.06 bits per heavy atom. The second kappa shape index (κ2) is 7.46. The molecule has 0 radical (unpaired) electrons. The Bertz CT molecular complexity index is 296. The van der Waals surface area contributed by atoms with Crippen LogP contribution in [0.15, 0.2) is 15.9 Å². The van der Waals surface area contributed by atoms with E-state index in [0.29, 0.717) is 6.04 Å². The normalized spacial score (nSPS) is 13.3. The Morgan fingerprint density at radius 1 is 1.31 bits per heavy atom. The molecule has 1 aromatic rings. The van der Waals surface area contributed by atoms with Gasteiger partial charge in [-0.2, -0.15) is 0 Å². The summed E-state index contributed by atoms with van der Waals surface area (Å²) in [5.41, 5.74) is 0. The smallest absolute Gasteiger partial charge is 0.0701 e. The molecule has 0 fully saturated rings. The lowest BCUT2D eigenvalue weighted by Gasteiger charge is -2.16. The Labute approximate surface area is 112 Å². The van der Waals surface area contributed by atoms with E-state index in [1.807, 2.05) is 11.3 Å². The fraction of sp³-hybridized carbons (Fsp3) is 0.692. The van der Waals surface area contributed by atoms with Crippen molar-refractivity contribution >= 4 is 27.3 Å². The molecule has 0 saturated carbocycles. The van der Waals surface area contributed by atoms with Gasteiger partial charge >= 0.3 is 0 Å². The van der Waals surface area contributed by atoms with Crippen LogP contribution in [0.25, 0.3) is 0 Å². The van der Waals surface area contributed by atoms with Crippen LogP contribution in [0.2, 0.25) is 0 Å². The van der Waals surface area contributed by atoms with Crippen LogP contribution >= 0.6 is 27.3 Å². The average molecular weight is 304 g/mol. The van der Waals surface area contributed by atoms with Crippen molar-refractivity contribution in [2.24, 2.45) is 5.92 Å². The molecule has 1 rings (SSSR count). The van der Waals surface area contributed by atoms with Crippen LogP contribution < -0.4 is 5.32 Å². The van der Waals surface area contributed by atoms with Crippen molar-refractivity contribution in [3.8, 4) is 0 Å². The molecule has 1 unspecified atom stereocenters. The maximum Gasteiger partial charge on any atom is 0.0701 e. The molecular formula is C13H22BrNS. The third-order valence-corrected chi connectivity index (χ3v) is 4.40. The molecule has 0 spiro atoms. The first-order valence-electron chi connectivity index (χ1n) is 6.12. The van der Waals surface area contributed by atoms with Gasteiger partial charge in [0.05, 0.1) is 3.79 Å². The topological polar surface area (TPSA) is 12.0 Å². The van der Waals surface area contributed by atoms with Gasteiger partial charge < -0.3 is 5.32 Å². The Morgan fingerprint density at radius 3 is 2.56 bits per heavy atom. The van der Waals surface area contributed by atoms with E-state index in [1.165, 1.54) is 27.9 Å². The molecule has 0 amide bonds. The minimum Gasteiger partial charge on any atom is -0.310 e. The van der Waals surface area contributed by atoms with Crippen LogP contribution in [0.3, 0.4) is 0 Å². The van der Waals surface area contributed by atoms with E-state index >= 15 is 0 Å². The van der Waals surface area contributed by atoms with Gasteiger partial charge in [0, 0.05) is 10.9 Å². The van der Waals surface area contributed by atoms with E-state index in [1.54, 1.807) is 0 Å². The second-order valence-electron chi connectivity index (χ2n) is 4.58. The number of thiophene rings is 1. The average Bonchev–Trinajstić information content (AvgIpc) is 2.63. The fourth-order valence-electron chi connectivity index (χ4n) is 1.84. The van der Waals surface area contributed by atoms with Gasteiger partial charge in [-0.1, -0.05) is 33.6 Å². The molecule has 1 atom stereocenters. The lowest BCUT2D eigenvalue weighted by molar-refractivity contribution is 0.459. The standard InChI is InChI=1S/C13H22BrNS/c1-4-15-11(7-5-6-10(2)3)12-8-9-13(14)16-12/h8-11,15H,4-7H2,1-3H3. The van der Waals surface area contributed by atoms with Gasteiger partial charge in [-0.3, -0.25) is 0 Å². The molecule has 0 aliphatic rings. The zero-order valence-electron chi connectivity index (χ0n) is 10.4. The summed E-state index contributed by atoms with van der Waals surface area (Å²) < 4.78 is 1.23. The van der Waals surface area contributed by atoms with E-state index in [0.717, 1.165) is 12.5 Å². The van der Waals surface area contributed by atoms with E-state index in [4.69, 9.17) is 0 Å². The molecule has 1 N–H and O–H groups in total. The summed E-state index contributed by atoms with van der Waals surface area (Å²) in [5.74, 6) is 0.817.